The summed E-state index contributed by atoms with van der Waals surface area (Å²) in [5.41, 5.74) is 0. The van der Waals surface area contributed by atoms with Crippen molar-refractivity contribution in [2.75, 3.05) is 6.61 Å². The Balaban J connectivity index is 4.59. The largest absolute Gasteiger partial charge is 0.462 e. The molecule has 3 N–H and O–H groups in total. The van der Waals surface area contributed by atoms with Gasteiger partial charge in [-0.25, -0.2) is 0 Å². The second kappa shape index (κ2) is 38.6. The molecular formula is C44H83NO5. The second-order valence-electron chi connectivity index (χ2n) is 14.7. The first-order valence-corrected chi connectivity index (χ1v) is 21.6. The lowest BCUT2D eigenvalue weighted by molar-refractivity contribution is -0.151. The van der Waals surface area contributed by atoms with E-state index in [-0.39, 0.29) is 24.9 Å². The van der Waals surface area contributed by atoms with Gasteiger partial charge in [0.05, 0.1) is 25.2 Å². The fourth-order valence-electron chi connectivity index (χ4n) is 6.43. The maximum atomic E-state index is 13.1. The molecule has 0 radical (unpaired) electrons. The molecule has 0 aliphatic carbocycles. The number of ether oxygens (including phenoxy) is 1. The Morgan fingerprint density at radius 3 is 1.56 bits per heavy atom. The molecule has 0 aromatic heterocycles. The molecular weight excluding hydrogens is 622 g/mol. The van der Waals surface area contributed by atoms with E-state index in [2.05, 4.69) is 50.4 Å². The maximum Gasteiger partial charge on any atom is 0.306 e. The van der Waals surface area contributed by atoms with E-state index in [1.165, 1.54) is 89.9 Å². The summed E-state index contributed by atoms with van der Waals surface area (Å²) in [6.45, 7) is 6.36. The summed E-state index contributed by atoms with van der Waals surface area (Å²) in [7, 11) is 0. The van der Waals surface area contributed by atoms with Gasteiger partial charge in [-0.05, 0) is 70.6 Å². The van der Waals surface area contributed by atoms with E-state index >= 15 is 0 Å². The molecule has 3 atom stereocenters. The zero-order valence-electron chi connectivity index (χ0n) is 33.3. The van der Waals surface area contributed by atoms with Crippen molar-refractivity contribution in [3.8, 4) is 0 Å². The highest BCUT2D eigenvalue weighted by molar-refractivity contribution is 5.77. The fourth-order valence-corrected chi connectivity index (χ4v) is 6.43. The van der Waals surface area contributed by atoms with Crippen LogP contribution in [0.4, 0.5) is 0 Å². The third kappa shape index (κ3) is 33.5. The first-order valence-electron chi connectivity index (χ1n) is 21.6. The highest BCUT2D eigenvalue weighted by Gasteiger charge is 2.24. The normalized spacial score (nSPS) is 13.6. The molecule has 0 bridgehead atoms. The van der Waals surface area contributed by atoms with Gasteiger partial charge >= 0.3 is 5.97 Å². The molecule has 0 heterocycles. The maximum absolute atomic E-state index is 13.1. The lowest BCUT2D eigenvalue weighted by Gasteiger charge is -2.24. The zero-order valence-corrected chi connectivity index (χ0v) is 33.3. The number of esters is 1. The Kier molecular flexibility index (Phi) is 37.3. The Labute approximate surface area is 310 Å². The summed E-state index contributed by atoms with van der Waals surface area (Å²) in [6.07, 6.45) is 40.9. The standard InChI is InChI=1S/C44H83NO5/c1-4-7-10-13-16-19-22-24-27-30-33-36-42(47)41(39-46)45-43(48)38-40(35-32-29-26-23-20-17-14-11-8-5-2)50-44(49)37-34-31-28-25-21-18-15-12-9-6-3/h12,15,17,20,40-42,46-47H,4-11,13-14,16,18-19,21-39H2,1-3H3,(H,45,48)/b15-12-,20-17-. The van der Waals surface area contributed by atoms with Gasteiger partial charge in [-0.2, -0.15) is 0 Å². The average molecular weight is 706 g/mol. The van der Waals surface area contributed by atoms with Crippen LogP contribution in [0.5, 0.6) is 0 Å². The number of aliphatic hydroxyl groups excluding tert-OH is 2. The van der Waals surface area contributed by atoms with Crippen molar-refractivity contribution in [2.45, 2.75) is 238 Å². The third-order valence-electron chi connectivity index (χ3n) is 9.73. The van der Waals surface area contributed by atoms with Crippen molar-refractivity contribution in [3.63, 3.8) is 0 Å². The van der Waals surface area contributed by atoms with Crippen LogP contribution < -0.4 is 5.32 Å². The van der Waals surface area contributed by atoms with Crippen LogP contribution in [-0.2, 0) is 14.3 Å². The lowest BCUT2D eigenvalue weighted by Crippen LogP contribution is -2.46. The van der Waals surface area contributed by atoms with Gasteiger partial charge in [0.1, 0.15) is 6.10 Å². The van der Waals surface area contributed by atoms with E-state index in [0.29, 0.717) is 19.3 Å². The van der Waals surface area contributed by atoms with Crippen LogP contribution in [-0.4, -0.2) is 46.9 Å². The van der Waals surface area contributed by atoms with Crippen LogP contribution in [0.3, 0.4) is 0 Å². The number of amides is 1. The van der Waals surface area contributed by atoms with E-state index in [4.69, 9.17) is 4.74 Å². The quantitative estimate of drug-likeness (QED) is 0.0337. The smallest absolute Gasteiger partial charge is 0.306 e. The minimum atomic E-state index is -0.786. The number of rotatable bonds is 38. The highest BCUT2D eigenvalue weighted by atomic mass is 16.5. The minimum absolute atomic E-state index is 0.0658. The Morgan fingerprint density at radius 2 is 1.00 bits per heavy atom. The molecule has 6 nitrogen and oxygen atoms in total. The molecule has 50 heavy (non-hydrogen) atoms. The number of nitrogens with one attached hydrogen (secondary N) is 1. The van der Waals surface area contributed by atoms with Gasteiger partial charge in [-0.1, -0.05) is 161 Å². The molecule has 1 amide bonds. The molecule has 0 saturated carbocycles. The van der Waals surface area contributed by atoms with Gasteiger partial charge in [0.15, 0.2) is 0 Å². The molecule has 294 valence electrons. The van der Waals surface area contributed by atoms with Crippen LogP contribution in [0, 0.1) is 0 Å². The van der Waals surface area contributed by atoms with Crippen LogP contribution in [0.25, 0.3) is 0 Å². The topological polar surface area (TPSA) is 95.9 Å². The summed E-state index contributed by atoms with van der Waals surface area (Å²) in [5.74, 6) is -0.501. The number of hydrogen-bond acceptors (Lipinski definition) is 5. The van der Waals surface area contributed by atoms with Crippen molar-refractivity contribution in [2.24, 2.45) is 0 Å². The molecule has 0 aromatic carbocycles. The molecule has 3 unspecified atom stereocenters. The van der Waals surface area contributed by atoms with Gasteiger partial charge in [0, 0.05) is 6.42 Å². The summed E-state index contributed by atoms with van der Waals surface area (Å²) >= 11 is 0. The van der Waals surface area contributed by atoms with Crippen LogP contribution in [0.1, 0.15) is 220 Å². The van der Waals surface area contributed by atoms with Crippen LogP contribution in [0.15, 0.2) is 24.3 Å². The van der Waals surface area contributed by atoms with Crippen molar-refractivity contribution in [1.29, 1.82) is 0 Å². The molecule has 0 saturated heterocycles. The van der Waals surface area contributed by atoms with E-state index in [1.807, 2.05) is 0 Å². The Bertz CT molecular complexity index is 797. The first kappa shape index (κ1) is 48.3. The number of hydrogen-bond donors (Lipinski definition) is 3. The van der Waals surface area contributed by atoms with Crippen molar-refractivity contribution >= 4 is 11.9 Å². The van der Waals surface area contributed by atoms with Crippen molar-refractivity contribution < 1.29 is 24.5 Å². The average Bonchev–Trinajstić information content (AvgIpc) is 3.10. The zero-order chi connectivity index (χ0) is 36.8. The Hall–Kier alpha value is -1.66. The molecule has 0 aliphatic heterocycles. The highest BCUT2D eigenvalue weighted by Crippen LogP contribution is 2.17. The molecule has 0 fully saturated rings. The molecule has 0 aliphatic rings. The number of carbonyl (C=O) groups excluding carboxylic acids is 2. The summed E-state index contributed by atoms with van der Waals surface area (Å²) in [5, 5.41) is 23.5. The number of aliphatic hydroxyl groups is 2. The second-order valence-corrected chi connectivity index (χ2v) is 14.7. The SMILES string of the molecule is CCC/C=C\CCCCCCCC(=O)OC(CCCCC/C=C\CCCCC)CC(=O)NC(CO)C(O)CCCCCCCCCCCCC. The molecule has 0 spiro atoms. The van der Waals surface area contributed by atoms with Crippen LogP contribution >= 0.6 is 0 Å². The lowest BCUT2D eigenvalue weighted by atomic mass is 10.0. The van der Waals surface area contributed by atoms with Gasteiger partial charge in [0.25, 0.3) is 0 Å². The van der Waals surface area contributed by atoms with Crippen molar-refractivity contribution in [1.82, 2.24) is 5.32 Å². The van der Waals surface area contributed by atoms with Crippen LogP contribution in [0.2, 0.25) is 0 Å². The summed E-state index contributed by atoms with van der Waals surface area (Å²) in [4.78, 5) is 25.8. The number of allylic oxidation sites excluding steroid dienone is 4. The minimum Gasteiger partial charge on any atom is -0.462 e. The van der Waals surface area contributed by atoms with Crippen molar-refractivity contribution in [3.05, 3.63) is 24.3 Å². The third-order valence-corrected chi connectivity index (χ3v) is 9.73. The van der Waals surface area contributed by atoms with Gasteiger partial charge < -0.3 is 20.3 Å². The summed E-state index contributed by atoms with van der Waals surface area (Å²) in [6, 6.07) is -0.701. The predicted octanol–water partition coefficient (Wildman–Crippen LogP) is 12.0. The van der Waals surface area contributed by atoms with Gasteiger partial charge in [-0.3, -0.25) is 9.59 Å². The first-order chi connectivity index (χ1) is 24.5. The monoisotopic (exact) mass is 706 g/mol. The molecule has 6 heteroatoms. The van der Waals surface area contributed by atoms with Gasteiger partial charge in [-0.15, -0.1) is 0 Å². The van der Waals surface area contributed by atoms with E-state index < -0.39 is 18.2 Å². The number of carbonyl (C=O) groups is 2. The number of unbranched alkanes of at least 4 members (excludes halogenated alkanes) is 22. The van der Waals surface area contributed by atoms with E-state index in [9.17, 15) is 19.8 Å². The molecule has 0 rings (SSSR count). The predicted molar refractivity (Wildman–Crippen MR) is 213 cm³/mol. The van der Waals surface area contributed by atoms with Gasteiger partial charge in [0.2, 0.25) is 5.91 Å². The summed E-state index contributed by atoms with van der Waals surface area (Å²) < 4.78 is 5.86. The molecule has 0 aromatic rings. The Morgan fingerprint density at radius 1 is 0.560 bits per heavy atom. The fraction of sp³-hybridized carbons (Fsp3) is 0.864. The van der Waals surface area contributed by atoms with E-state index in [1.54, 1.807) is 0 Å². The van der Waals surface area contributed by atoms with E-state index in [0.717, 1.165) is 83.5 Å².